The molecular formula is C15H22N2O. The Balaban J connectivity index is 2.69. The number of allylic oxidation sites excluding steroid dienone is 6. The minimum atomic E-state index is 0.128. The van der Waals surface area contributed by atoms with Crippen molar-refractivity contribution in [3.05, 3.63) is 47.9 Å². The van der Waals surface area contributed by atoms with Gasteiger partial charge in [0.15, 0.2) is 5.78 Å². The fourth-order valence-corrected chi connectivity index (χ4v) is 1.61. The van der Waals surface area contributed by atoms with Crippen molar-refractivity contribution in [2.75, 3.05) is 28.2 Å². The Kier molecular flexibility index (Phi) is 5.43. The first kappa shape index (κ1) is 14.3. The average molecular weight is 246 g/mol. The minimum absolute atomic E-state index is 0.128. The van der Waals surface area contributed by atoms with Crippen LogP contribution in [0.2, 0.25) is 0 Å². The Labute approximate surface area is 110 Å². The first-order valence-corrected chi connectivity index (χ1v) is 6.12. The zero-order chi connectivity index (χ0) is 13.5. The van der Waals surface area contributed by atoms with E-state index in [1.54, 1.807) is 6.08 Å². The zero-order valence-electron chi connectivity index (χ0n) is 11.7. The van der Waals surface area contributed by atoms with Gasteiger partial charge in [-0.25, -0.2) is 0 Å². The Bertz CT molecular complexity index is 412. The molecule has 0 radical (unpaired) electrons. The molecule has 18 heavy (non-hydrogen) atoms. The summed E-state index contributed by atoms with van der Waals surface area (Å²) in [4.78, 5) is 15.8. The van der Waals surface area contributed by atoms with Crippen LogP contribution in [0.3, 0.4) is 0 Å². The van der Waals surface area contributed by atoms with Crippen molar-refractivity contribution in [1.29, 1.82) is 0 Å². The summed E-state index contributed by atoms with van der Waals surface area (Å²) in [6.07, 6.45) is 13.2. The molecule has 0 N–H and O–H groups in total. The van der Waals surface area contributed by atoms with E-state index in [4.69, 9.17) is 0 Å². The molecule has 0 unspecified atom stereocenters. The van der Waals surface area contributed by atoms with Gasteiger partial charge >= 0.3 is 0 Å². The van der Waals surface area contributed by atoms with Gasteiger partial charge in [0, 0.05) is 28.2 Å². The first-order valence-electron chi connectivity index (χ1n) is 6.12. The third-order valence-corrected chi connectivity index (χ3v) is 2.58. The molecule has 0 heterocycles. The molecule has 1 aliphatic carbocycles. The van der Waals surface area contributed by atoms with Crippen LogP contribution in [0.25, 0.3) is 0 Å². The Morgan fingerprint density at radius 3 is 2.28 bits per heavy atom. The monoisotopic (exact) mass is 246 g/mol. The molecule has 0 fully saturated rings. The number of hydrogen-bond acceptors (Lipinski definition) is 3. The molecule has 3 nitrogen and oxygen atoms in total. The second-order valence-electron chi connectivity index (χ2n) is 4.86. The molecule has 1 aliphatic rings. The van der Waals surface area contributed by atoms with Crippen LogP contribution in [-0.2, 0) is 4.79 Å². The largest absolute Gasteiger partial charge is 0.383 e. The number of carbonyl (C=O) groups is 1. The summed E-state index contributed by atoms with van der Waals surface area (Å²) >= 11 is 0. The van der Waals surface area contributed by atoms with Crippen LogP contribution in [-0.4, -0.2) is 43.8 Å². The normalized spacial score (nSPS) is 18.8. The SMILES string of the molecule is CN(C)C=CC=C1CCC(C=CN(C)C)=CC1=O. The Hall–Kier alpha value is -1.77. The molecule has 0 aliphatic heterocycles. The second-order valence-corrected chi connectivity index (χ2v) is 4.86. The molecule has 0 aromatic carbocycles. The lowest BCUT2D eigenvalue weighted by Gasteiger charge is -2.12. The summed E-state index contributed by atoms with van der Waals surface area (Å²) in [6.45, 7) is 0. The molecule has 0 spiro atoms. The van der Waals surface area contributed by atoms with Crippen LogP contribution in [0, 0.1) is 0 Å². The molecule has 0 aromatic heterocycles. The highest BCUT2D eigenvalue weighted by Gasteiger charge is 2.13. The van der Waals surface area contributed by atoms with Gasteiger partial charge in [0.05, 0.1) is 0 Å². The van der Waals surface area contributed by atoms with Crippen LogP contribution in [0.5, 0.6) is 0 Å². The lowest BCUT2D eigenvalue weighted by molar-refractivity contribution is -0.111. The summed E-state index contributed by atoms with van der Waals surface area (Å²) in [7, 11) is 7.86. The van der Waals surface area contributed by atoms with E-state index in [0.29, 0.717) is 0 Å². The Morgan fingerprint density at radius 1 is 1.06 bits per heavy atom. The maximum atomic E-state index is 11.9. The molecule has 0 saturated heterocycles. The van der Waals surface area contributed by atoms with Gasteiger partial charge in [0.25, 0.3) is 0 Å². The van der Waals surface area contributed by atoms with Crippen molar-refractivity contribution in [2.45, 2.75) is 12.8 Å². The van der Waals surface area contributed by atoms with Gasteiger partial charge < -0.3 is 9.80 Å². The van der Waals surface area contributed by atoms with E-state index in [9.17, 15) is 4.79 Å². The number of carbonyl (C=O) groups excluding carboxylic acids is 1. The minimum Gasteiger partial charge on any atom is -0.383 e. The molecule has 3 heteroatoms. The fraction of sp³-hybridized carbons (Fsp3) is 0.400. The smallest absolute Gasteiger partial charge is 0.182 e. The van der Waals surface area contributed by atoms with Gasteiger partial charge in [-0.3, -0.25) is 4.79 Å². The lowest BCUT2D eigenvalue weighted by Crippen LogP contribution is -2.07. The molecular weight excluding hydrogens is 224 g/mol. The third-order valence-electron chi connectivity index (χ3n) is 2.58. The summed E-state index contributed by atoms with van der Waals surface area (Å²) in [6, 6.07) is 0. The van der Waals surface area contributed by atoms with E-state index in [1.165, 1.54) is 0 Å². The number of nitrogens with zero attached hydrogens (tertiary/aromatic N) is 2. The van der Waals surface area contributed by atoms with Gasteiger partial charge in [0.2, 0.25) is 0 Å². The predicted octanol–water partition coefficient (Wildman–Crippen LogP) is 2.35. The maximum absolute atomic E-state index is 11.9. The highest BCUT2D eigenvalue weighted by molar-refractivity contribution is 6.05. The van der Waals surface area contributed by atoms with E-state index >= 15 is 0 Å². The topological polar surface area (TPSA) is 23.6 Å². The molecule has 0 atom stereocenters. The van der Waals surface area contributed by atoms with Gasteiger partial charge in [-0.2, -0.15) is 0 Å². The lowest BCUT2D eigenvalue weighted by atomic mass is 9.93. The van der Waals surface area contributed by atoms with Crippen LogP contribution in [0.4, 0.5) is 0 Å². The summed E-state index contributed by atoms with van der Waals surface area (Å²) < 4.78 is 0. The standard InChI is InChI=1S/C15H22N2O/c1-16(2)10-5-6-14-8-7-13(12-15(14)18)9-11-17(3)4/h5-6,9-12H,7-8H2,1-4H3. The average Bonchev–Trinajstić information content (AvgIpc) is 2.28. The van der Waals surface area contributed by atoms with E-state index in [0.717, 1.165) is 24.0 Å². The number of hydrogen-bond donors (Lipinski definition) is 0. The van der Waals surface area contributed by atoms with E-state index < -0.39 is 0 Å². The van der Waals surface area contributed by atoms with Crippen LogP contribution in [0.15, 0.2) is 47.9 Å². The van der Waals surface area contributed by atoms with Gasteiger partial charge in [-0.15, -0.1) is 0 Å². The molecule has 98 valence electrons. The van der Waals surface area contributed by atoms with Gasteiger partial charge in [-0.1, -0.05) is 6.08 Å². The maximum Gasteiger partial charge on any atom is 0.182 e. The summed E-state index contributed by atoms with van der Waals surface area (Å²) in [5.74, 6) is 0.128. The summed E-state index contributed by atoms with van der Waals surface area (Å²) in [5.41, 5.74) is 1.98. The van der Waals surface area contributed by atoms with Crippen molar-refractivity contribution < 1.29 is 4.79 Å². The first-order chi connectivity index (χ1) is 8.49. The van der Waals surface area contributed by atoms with Gasteiger partial charge in [0.1, 0.15) is 0 Å². The molecule has 0 amide bonds. The number of ketones is 1. The van der Waals surface area contributed by atoms with E-state index in [-0.39, 0.29) is 5.78 Å². The molecule has 1 rings (SSSR count). The third kappa shape index (κ3) is 5.04. The second kappa shape index (κ2) is 6.84. The van der Waals surface area contributed by atoms with Crippen LogP contribution >= 0.6 is 0 Å². The van der Waals surface area contributed by atoms with Crippen molar-refractivity contribution in [3.8, 4) is 0 Å². The van der Waals surface area contributed by atoms with Crippen molar-refractivity contribution in [3.63, 3.8) is 0 Å². The molecule has 0 bridgehead atoms. The fourth-order valence-electron chi connectivity index (χ4n) is 1.61. The van der Waals surface area contributed by atoms with Crippen molar-refractivity contribution >= 4 is 5.78 Å². The molecule has 0 aromatic rings. The van der Waals surface area contributed by atoms with E-state index in [1.807, 2.05) is 68.6 Å². The van der Waals surface area contributed by atoms with Crippen molar-refractivity contribution in [1.82, 2.24) is 9.80 Å². The number of rotatable bonds is 4. The zero-order valence-corrected chi connectivity index (χ0v) is 11.7. The predicted molar refractivity (Wildman–Crippen MR) is 76.1 cm³/mol. The quantitative estimate of drug-likeness (QED) is 0.711. The van der Waals surface area contributed by atoms with Gasteiger partial charge in [-0.05, 0) is 54.6 Å². The van der Waals surface area contributed by atoms with Crippen LogP contribution in [0.1, 0.15) is 12.8 Å². The summed E-state index contributed by atoms with van der Waals surface area (Å²) in [5, 5.41) is 0. The molecule has 0 saturated carbocycles. The van der Waals surface area contributed by atoms with E-state index in [2.05, 4.69) is 0 Å². The van der Waals surface area contributed by atoms with Crippen LogP contribution < -0.4 is 0 Å². The highest BCUT2D eigenvalue weighted by atomic mass is 16.1. The highest BCUT2D eigenvalue weighted by Crippen LogP contribution is 2.21. The van der Waals surface area contributed by atoms with Crippen molar-refractivity contribution in [2.24, 2.45) is 0 Å². The Morgan fingerprint density at radius 2 is 1.72 bits per heavy atom.